The van der Waals surface area contributed by atoms with E-state index in [0.29, 0.717) is 0 Å². The van der Waals surface area contributed by atoms with Crippen LogP contribution in [0.4, 0.5) is 0 Å². The summed E-state index contributed by atoms with van der Waals surface area (Å²) in [5.74, 6) is 2.23. The van der Waals surface area contributed by atoms with E-state index in [9.17, 15) is 0 Å². The second kappa shape index (κ2) is 8.41. The molecule has 0 amide bonds. The number of fused-ring (bicyclic) bond motifs is 1. The molecule has 1 aromatic rings. The van der Waals surface area contributed by atoms with Crippen molar-refractivity contribution in [3.63, 3.8) is 0 Å². The summed E-state index contributed by atoms with van der Waals surface area (Å²) in [6.45, 7) is 4.53. The van der Waals surface area contributed by atoms with E-state index >= 15 is 0 Å². The van der Waals surface area contributed by atoms with Crippen LogP contribution in [0.5, 0.6) is 0 Å². The molecule has 0 spiro atoms. The first kappa shape index (κ1) is 15.4. The molecule has 1 aliphatic carbocycles. The first-order chi connectivity index (χ1) is 7.69. The Hall–Kier alpha value is 1.30. The van der Waals surface area contributed by atoms with E-state index in [1.54, 1.807) is 0 Å². The Morgan fingerprint density at radius 1 is 1.12 bits per heavy atom. The Morgan fingerprint density at radius 3 is 2.38 bits per heavy atom. The summed E-state index contributed by atoms with van der Waals surface area (Å²) in [6, 6.07) is 8.61. The average molecular weight is 516 g/mol. The van der Waals surface area contributed by atoms with E-state index in [4.69, 9.17) is 0 Å². The number of allylic oxidation sites excluding steroid dienone is 1. The maximum absolute atomic E-state index is 2.45. The predicted molar refractivity (Wildman–Crippen MR) is 85.3 cm³/mol. The van der Waals surface area contributed by atoms with E-state index in [-0.39, 0.29) is 14.9 Å². The zero-order chi connectivity index (χ0) is 12.0. The van der Waals surface area contributed by atoms with Crippen molar-refractivity contribution >= 4 is 42.2 Å². The van der Waals surface area contributed by atoms with Crippen LogP contribution in [0.3, 0.4) is 0 Å². The van der Waals surface area contributed by atoms with Crippen LogP contribution in [-0.2, 0) is 14.9 Å². The summed E-state index contributed by atoms with van der Waals surface area (Å²) < 4.78 is 0. The van der Waals surface area contributed by atoms with Gasteiger partial charge in [0.25, 0.3) is 0 Å². The third-order valence-corrected chi connectivity index (χ3v) is 2.40. The molecule has 0 fully saturated rings. The topological polar surface area (TPSA) is 0 Å². The molecule has 0 saturated heterocycles. The minimum atomic E-state index is 0.170. The molecule has 1 aromatic carbocycles. The van der Waals surface area contributed by atoms with Gasteiger partial charge in [-0.2, -0.15) is 0 Å². The van der Waals surface area contributed by atoms with Gasteiger partial charge in [0, 0.05) is 5.92 Å². The first-order valence-corrected chi connectivity index (χ1v) is 19.9. The molecule has 0 bridgehead atoms. The van der Waals surface area contributed by atoms with Crippen LogP contribution in [-0.4, -0.2) is 0 Å². The minimum absolute atomic E-state index is 0.170. The Labute approximate surface area is 129 Å². The molecule has 0 unspecified atom stereocenters. The van der Waals surface area contributed by atoms with E-state index in [2.05, 4.69) is 86.4 Å². The molecule has 0 nitrogen and oxygen atoms in total. The molecule has 0 aliphatic heterocycles. The summed E-state index contributed by atoms with van der Waals surface area (Å²) >= 11 is 5.06. The van der Waals surface area contributed by atoms with Gasteiger partial charge < -0.3 is 0 Å². The molecule has 85 valence electrons. The van der Waals surface area contributed by atoms with Crippen LogP contribution >= 0.6 is 36.1 Å². The number of rotatable bonds is 2. The van der Waals surface area contributed by atoms with Gasteiger partial charge in [-0.1, -0.05) is 50.3 Å². The van der Waals surface area contributed by atoms with Crippen LogP contribution in [0.2, 0.25) is 0 Å². The molecular weight excluding hydrogens is 501 g/mol. The first-order valence-electron chi connectivity index (χ1n) is 5.28. The summed E-state index contributed by atoms with van der Waals surface area (Å²) in [5, 5.41) is 0. The van der Waals surface area contributed by atoms with Gasteiger partial charge in [-0.05, 0) is 23.5 Å². The monoisotopic (exact) mass is 515 g/mol. The summed E-state index contributed by atoms with van der Waals surface area (Å²) in [7, 11) is 0. The number of hydrogen-bond donors (Lipinski definition) is 0. The van der Waals surface area contributed by atoms with Gasteiger partial charge in [-0.15, -0.1) is 0 Å². The van der Waals surface area contributed by atoms with Crippen LogP contribution in [0.1, 0.15) is 31.4 Å². The fourth-order valence-corrected chi connectivity index (χ4v) is 1.83. The van der Waals surface area contributed by atoms with Gasteiger partial charge in [0.15, 0.2) is 0 Å². The fourth-order valence-electron chi connectivity index (χ4n) is 1.83. The second-order valence-corrected chi connectivity index (χ2v) is 23.1. The quantitative estimate of drug-likeness (QED) is 0.459. The summed E-state index contributed by atoms with van der Waals surface area (Å²) in [4.78, 5) is 0. The summed E-state index contributed by atoms with van der Waals surface area (Å²) in [6.07, 6.45) is 5.66. The maximum atomic E-state index is 2.45. The van der Waals surface area contributed by atoms with Crippen molar-refractivity contribution < 1.29 is 14.9 Å². The van der Waals surface area contributed by atoms with Crippen LogP contribution < -0.4 is 0 Å². The molecule has 0 saturated carbocycles. The van der Waals surface area contributed by atoms with E-state index < -0.39 is 0 Å². The standard InChI is InChI=1S/C13H15.2HI.Zr/c1-10(2)9-12-8-7-11-5-3-4-6-13(11)12;;;/h3-8,10H,9H2,1-2H3;2*1H;/q;;;+2/p-2. The molecule has 16 heavy (non-hydrogen) atoms. The van der Waals surface area contributed by atoms with Crippen LogP contribution in [0.15, 0.2) is 30.3 Å². The second-order valence-electron chi connectivity index (χ2n) is 4.12. The number of hydrogen-bond acceptors (Lipinski definition) is 0. The third-order valence-electron chi connectivity index (χ3n) is 2.40. The normalized spacial score (nSPS) is 13.3. The van der Waals surface area contributed by atoms with Crippen LogP contribution in [0.25, 0.3) is 6.08 Å². The summed E-state index contributed by atoms with van der Waals surface area (Å²) in [5.41, 5.74) is 2.80. The third kappa shape index (κ3) is 4.89. The molecule has 3 heteroatoms. The Bertz CT molecular complexity index is 348. The Balaban J connectivity index is 0.000000386. The van der Waals surface area contributed by atoms with Gasteiger partial charge in [0.2, 0.25) is 0 Å². The van der Waals surface area contributed by atoms with Crippen LogP contribution in [0, 0.1) is 11.8 Å². The van der Waals surface area contributed by atoms with Crippen molar-refractivity contribution in [2.75, 3.05) is 0 Å². The molecule has 2 rings (SSSR count). The van der Waals surface area contributed by atoms with Gasteiger partial charge >= 0.3 is 50.9 Å². The molecule has 1 radical (unpaired) electrons. The van der Waals surface area contributed by atoms with E-state index in [1.807, 2.05) is 0 Å². The molecule has 0 aromatic heterocycles. The average Bonchev–Trinajstić information content (AvgIpc) is 2.63. The Kier molecular flexibility index (Phi) is 8.08. The van der Waals surface area contributed by atoms with E-state index in [1.165, 1.54) is 23.5 Å². The van der Waals surface area contributed by atoms with Gasteiger partial charge in [0.05, 0.1) is 0 Å². The molecule has 0 heterocycles. The predicted octanol–water partition coefficient (Wildman–Crippen LogP) is 5.45. The number of benzene rings is 1. The van der Waals surface area contributed by atoms with Crippen molar-refractivity contribution in [3.05, 3.63) is 47.4 Å². The van der Waals surface area contributed by atoms with E-state index in [0.717, 1.165) is 5.92 Å². The fraction of sp³-hybridized carbons (Fsp3) is 0.308. The van der Waals surface area contributed by atoms with Crippen molar-refractivity contribution in [2.45, 2.75) is 20.3 Å². The number of halogens is 2. The van der Waals surface area contributed by atoms with Gasteiger partial charge in [-0.25, -0.2) is 0 Å². The van der Waals surface area contributed by atoms with Gasteiger partial charge in [-0.3, -0.25) is 0 Å². The van der Waals surface area contributed by atoms with Crippen molar-refractivity contribution in [2.24, 2.45) is 5.92 Å². The Morgan fingerprint density at radius 2 is 1.75 bits per heavy atom. The molecular formula is C13H15I2Zr. The zero-order valence-electron chi connectivity index (χ0n) is 9.50. The molecule has 1 aliphatic rings. The SMILES string of the molecule is CC(C)C[C]1C=Cc2ccccc21.[I][Zr][I]. The van der Waals surface area contributed by atoms with Crippen molar-refractivity contribution in [1.29, 1.82) is 0 Å². The zero-order valence-corrected chi connectivity index (χ0v) is 16.3. The molecule has 0 atom stereocenters. The van der Waals surface area contributed by atoms with Crippen molar-refractivity contribution in [1.82, 2.24) is 0 Å². The molecule has 0 N–H and O–H groups in total. The van der Waals surface area contributed by atoms with Gasteiger partial charge in [0.1, 0.15) is 0 Å². The van der Waals surface area contributed by atoms with Crippen molar-refractivity contribution in [3.8, 4) is 0 Å².